The van der Waals surface area contributed by atoms with Crippen molar-refractivity contribution in [2.45, 2.75) is 39.0 Å². The van der Waals surface area contributed by atoms with Gasteiger partial charge < -0.3 is 5.32 Å². The molecule has 0 aliphatic heterocycles. The lowest BCUT2D eigenvalue weighted by atomic mass is 10.1. The van der Waals surface area contributed by atoms with Crippen LogP contribution in [-0.2, 0) is 0 Å². The first-order chi connectivity index (χ1) is 9.47. The number of para-hydroxylation sites is 1. The van der Waals surface area contributed by atoms with E-state index in [1.54, 1.807) is 0 Å². The van der Waals surface area contributed by atoms with E-state index in [0.29, 0.717) is 11.9 Å². The summed E-state index contributed by atoms with van der Waals surface area (Å²) in [6.45, 7) is 8.19. The maximum atomic E-state index is 6.21. The third-order valence-electron chi connectivity index (χ3n) is 3.10. The van der Waals surface area contributed by atoms with Crippen molar-refractivity contribution < 1.29 is 0 Å². The number of hydrogen-bond acceptors (Lipinski definition) is 3. The van der Waals surface area contributed by atoms with Crippen LogP contribution in [0.2, 0.25) is 0 Å². The lowest BCUT2D eigenvalue weighted by Crippen LogP contribution is -2.04. The van der Waals surface area contributed by atoms with Gasteiger partial charge in [-0.15, -0.1) is 11.6 Å². The van der Waals surface area contributed by atoms with Crippen LogP contribution in [0.5, 0.6) is 0 Å². The minimum atomic E-state index is -0.0620. The highest BCUT2D eigenvalue weighted by Crippen LogP contribution is 2.28. The summed E-state index contributed by atoms with van der Waals surface area (Å²) in [4.78, 5) is 9.01. The number of halogens is 1. The van der Waals surface area contributed by atoms with E-state index in [1.807, 2.05) is 44.2 Å². The predicted octanol–water partition coefficient (Wildman–Crippen LogP) is 4.95. The molecule has 1 heterocycles. The second kappa shape index (κ2) is 6.23. The van der Waals surface area contributed by atoms with Gasteiger partial charge in [0.2, 0.25) is 5.95 Å². The van der Waals surface area contributed by atoms with Crippen LogP contribution in [0.3, 0.4) is 0 Å². The Hall–Kier alpha value is -1.61. The second-order valence-electron chi connectivity index (χ2n) is 5.24. The molecule has 3 nitrogen and oxygen atoms in total. The van der Waals surface area contributed by atoms with Crippen LogP contribution in [0.25, 0.3) is 0 Å². The van der Waals surface area contributed by atoms with Crippen molar-refractivity contribution in [2.24, 2.45) is 0 Å². The lowest BCUT2D eigenvalue weighted by molar-refractivity contribution is 0.812. The number of aromatic nitrogens is 2. The summed E-state index contributed by atoms with van der Waals surface area (Å²) in [5.74, 6) is 0.998. The monoisotopic (exact) mass is 289 g/mol. The highest BCUT2D eigenvalue weighted by molar-refractivity contribution is 6.21. The van der Waals surface area contributed by atoms with Crippen LogP contribution in [0.15, 0.2) is 30.3 Å². The van der Waals surface area contributed by atoms with Crippen LogP contribution >= 0.6 is 11.6 Å². The average Bonchev–Trinajstić information content (AvgIpc) is 2.38. The molecular formula is C16H20ClN3. The van der Waals surface area contributed by atoms with E-state index in [-0.39, 0.29) is 5.38 Å². The molecule has 0 saturated heterocycles. The van der Waals surface area contributed by atoms with Crippen LogP contribution in [0.1, 0.15) is 49.0 Å². The Bertz CT molecular complexity index is 594. The summed E-state index contributed by atoms with van der Waals surface area (Å²) in [6, 6.07) is 9.99. The number of aryl methyl sites for hydroxylation is 1. The standard InChI is InChI=1S/C16H20ClN3/c1-10(2)15-9-11(3)18-16(20-15)19-14-8-6-5-7-13(14)12(4)17/h5-10,12H,1-4H3,(H,18,19,20). The summed E-state index contributed by atoms with van der Waals surface area (Å²) in [5.41, 5.74) is 4.00. The third kappa shape index (κ3) is 3.48. The number of rotatable bonds is 4. The van der Waals surface area contributed by atoms with E-state index in [0.717, 1.165) is 22.6 Å². The van der Waals surface area contributed by atoms with Gasteiger partial charge in [0.25, 0.3) is 0 Å². The molecule has 0 aliphatic rings. The van der Waals surface area contributed by atoms with Crippen molar-refractivity contribution in [3.05, 3.63) is 47.3 Å². The molecule has 0 bridgehead atoms. The number of hydrogen-bond donors (Lipinski definition) is 1. The number of alkyl halides is 1. The lowest BCUT2D eigenvalue weighted by Gasteiger charge is -2.14. The van der Waals surface area contributed by atoms with Gasteiger partial charge in [-0.25, -0.2) is 9.97 Å². The fourth-order valence-corrected chi connectivity index (χ4v) is 2.21. The molecule has 2 aromatic rings. The Labute approximate surface area is 125 Å². The Morgan fingerprint density at radius 1 is 1.10 bits per heavy atom. The normalized spacial score (nSPS) is 12.5. The van der Waals surface area contributed by atoms with E-state index in [2.05, 4.69) is 29.1 Å². The van der Waals surface area contributed by atoms with Crippen LogP contribution in [0.4, 0.5) is 11.6 Å². The van der Waals surface area contributed by atoms with E-state index in [4.69, 9.17) is 11.6 Å². The van der Waals surface area contributed by atoms with Gasteiger partial charge in [-0.1, -0.05) is 32.0 Å². The summed E-state index contributed by atoms with van der Waals surface area (Å²) in [5, 5.41) is 3.22. The first-order valence-electron chi connectivity index (χ1n) is 6.83. The van der Waals surface area contributed by atoms with Gasteiger partial charge in [0.05, 0.1) is 5.38 Å². The number of nitrogens with zero attached hydrogens (tertiary/aromatic N) is 2. The van der Waals surface area contributed by atoms with E-state index >= 15 is 0 Å². The van der Waals surface area contributed by atoms with Gasteiger partial charge in [0.1, 0.15) is 0 Å². The molecule has 0 spiro atoms. The molecule has 20 heavy (non-hydrogen) atoms. The molecule has 0 aliphatic carbocycles. The topological polar surface area (TPSA) is 37.8 Å². The second-order valence-corrected chi connectivity index (χ2v) is 5.90. The fourth-order valence-electron chi connectivity index (χ4n) is 2.02. The molecule has 0 amide bonds. The molecule has 1 N–H and O–H groups in total. The molecule has 2 rings (SSSR count). The summed E-state index contributed by atoms with van der Waals surface area (Å²) < 4.78 is 0. The molecule has 1 atom stereocenters. The Morgan fingerprint density at radius 2 is 1.80 bits per heavy atom. The number of nitrogens with one attached hydrogen (secondary N) is 1. The van der Waals surface area contributed by atoms with Gasteiger partial charge in [0, 0.05) is 17.1 Å². The molecule has 1 aromatic carbocycles. The van der Waals surface area contributed by atoms with Gasteiger partial charge >= 0.3 is 0 Å². The van der Waals surface area contributed by atoms with Crippen molar-refractivity contribution in [2.75, 3.05) is 5.32 Å². The highest BCUT2D eigenvalue weighted by Gasteiger charge is 2.10. The van der Waals surface area contributed by atoms with Crippen molar-refractivity contribution >= 4 is 23.2 Å². The zero-order valence-electron chi connectivity index (χ0n) is 12.3. The Kier molecular flexibility index (Phi) is 4.61. The zero-order valence-corrected chi connectivity index (χ0v) is 13.1. The van der Waals surface area contributed by atoms with Crippen LogP contribution in [-0.4, -0.2) is 9.97 Å². The van der Waals surface area contributed by atoms with Crippen molar-refractivity contribution in [3.63, 3.8) is 0 Å². The number of anilines is 2. The minimum absolute atomic E-state index is 0.0620. The molecule has 0 radical (unpaired) electrons. The fraction of sp³-hybridized carbons (Fsp3) is 0.375. The van der Waals surface area contributed by atoms with Crippen molar-refractivity contribution in [1.29, 1.82) is 0 Å². The van der Waals surface area contributed by atoms with Gasteiger partial charge in [-0.3, -0.25) is 0 Å². The molecular weight excluding hydrogens is 270 g/mol. The maximum absolute atomic E-state index is 6.21. The number of benzene rings is 1. The quantitative estimate of drug-likeness (QED) is 0.809. The summed E-state index contributed by atoms with van der Waals surface area (Å²) >= 11 is 6.21. The Morgan fingerprint density at radius 3 is 2.45 bits per heavy atom. The van der Waals surface area contributed by atoms with Gasteiger partial charge in [0.15, 0.2) is 0 Å². The van der Waals surface area contributed by atoms with Crippen molar-refractivity contribution in [1.82, 2.24) is 9.97 Å². The first-order valence-corrected chi connectivity index (χ1v) is 7.26. The summed E-state index contributed by atoms with van der Waals surface area (Å²) in [7, 11) is 0. The Balaban J connectivity index is 2.35. The average molecular weight is 290 g/mol. The SMILES string of the molecule is Cc1cc(C(C)C)nc(Nc2ccccc2C(C)Cl)n1. The van der Waals surface area contributed by atoms with E-state index in [1.165, 1.54) is 0 Å². The summed E-state index contributed by atoms with van der Waals surface area (Å²) in [6.07, 6.45) is 0. The molecule has 0 fully saturated rings. The largest absolute Gasteiger partial charge is 0.324 e. The molecule has 0 saturated carbocycles. The zero-order chi connectivity index (χ0) is 14.7. The maximum Gasteiger partial charge on any atom is 0.227 e. The molecule has 106 valence electrons. The van der Waals surface area contributed by atoms with Crippen molar-refractivity contribution in [3.8, 4) is 0 Å². The van der Waals surface area contributed by atoms with Gasteiger partial charge in [-0.05, 0) is 37.5 Å². The van der Waals surface area contributed by atoms with Crippen LogP contribution < -0.4 is 5.32 Å². The minimum Gasteiger partial charge on any atom is -0.324 e. The third-order valence-corrected chi connectivity index (χ3v) is 3.34. The van der Waals surface area contributed by atoms with Gasteiger partial charge in [-0.2, -0.15) is 0 Å². The van der Waals surface area contributed by atoms with E-state index in [9.17, 15) is 0 Å². The smallest absolute Gasteiger partial charge is 0.227 e. The molecule has 1 aromatic heterocycles. The first kappa shape index (κ1) is 14.8. The van der Waals surface area contributed by atoms with E-state index < -0.39 is 0 Å². The highest BCUT2D eigenvalue weighted by atomic mass is 35.5. The molecule has 1 unspecified atom stereocenters. The predicted molar refractivity (Wildman–Crippen MR) is 84.9 cm³/mol. The van der Waals surface area contributed by atoms with Crippen LogP contribution in [0, 0.1) is 6.92 Å². The molecule has 4 heteroatoms.